The summed E-state index contributed by atoms with van der Waals surface area (Å²) in [6.45, 7) is 6.09. The number of carbonyl (C=O) groups is 2. The summed E-state index contributed by atoms with van der Waals surface area (Å²) in [6.07, 6.45) is -4.54. The number of amides is 3. The number of hydrogen-bond donors (Lipinski definition) is 2. The number of nitrogens with two attached hydrogens (primary N) is 2. The SMILES string of the molecule is CC(C)(C)C1c2c(C(N)=O)c(-c3cccc(C(F)(F)F)c3)nn2CCN1C(N)=O. The van der Waals surface area contributed by atoms with Crippen LogP contribution in [0.5, 0.6) is 0 Å². The van der Waals surface area contributed by atoms with Crippen LogP contribution in [0.3, 0.4) is 0 Å². The maximum Gasteiger partial charge on any atom is 0.416 e. The summed E-state index contributed by atoms with van der Waals surface area (Å²) in [5, 5.41) is 4.39. The summed E-state index contributed by atoms with van der Waals surface area (Å²) in [7, 11) is 0. The zero-order chi connectivity index (χ0) is 21.7. The van der Waals surface area contributed by atoms with Gasteiger partial charge < -0.3 is 16.4 Å². The number of carbonyl (C=O) groups excluding carboxylic acids is 2. The standard InChI is InChI=1S/C19H22F3N5O2/c1-18(2,3)15-14-12(16(23)28)13(25-27(14)8-7-26(15)17(24)29)10-5-4-6-11(9-10)19(20,21)22/h4-6,9,15H,7-8H2,1-3H3,(H2,23,28)(H2,24,29). The summed E-state index contributed by atoms with van der Waals surface area (Å²) < 4.78 is 41.0. The molecule has 29 heavy (non-hydrogen) atoms. The van der Waals surface area contributed by atoms with Crippen LogP contribution in [0.4, 0.5) is 18.0 Å². The van der Waals surface area contributed by atoms with Crippen LogP contribution in [0.2, 0.25) is 0 Å². The molecular formula is C19H22F3N5O2. The molecule has 1 unspecified atom stereocenters. The van der Waals surface area contributed by atoms with Crippen molar-refractivity contribution in [3.05, 3.63) is 41.1 Å². The number of aromatic nitrogens is 2. The topological polar surface area (TPSA) is 107 Å². The summed E-state index contributed by atoms with van der Waals surface area (Å²) in [5.74, 6) is -0.834. The first kappa shape index (κ1) is 20.7. The van der Waals surface area contributed by atoms with Gasteiger partial charge in [-0.05, 0) is 17.5 Å². The number of alkyl halides is 3. The maximum absolute atomic E-state index is 13.2. The van der Waals surface area contributed by atoms with Crippen LogP contribution in [0.15, 0.2) is 24.3 Å². The van der Waals surface area contributed by atoms with Crippen molar-refractivity contribution in [2.45, 2.75) is 39.5 Å². The first-order valence-corrected chi connectivity index (χ1v) is 8.96. The van der Waals surface area contributed by atoms with E-state index in [-0.39, 0.29) is 29.9 Å². The highest BCUT2D eigenvalue weighted by atomic mass is 19.4. The monoisotopic (exact) mass is 409 g/mol. The van der Waals surface area contributed by atoms with Crippen LogP contribution in [0, 0.1) is 5.41 Å². The summed E-state index contributed by atoms with van der Waals surface area (Å²) >= 11 is 0. The molecule has 1 atom stereocenters. The average Bonchev–Trinajstić information content (AvgIpc) is 2.98. The Bertz CT molecular complexity index is 975. The van der Waals surface area contributed by atoms with Gasteiger partial charge in [0.2, 0.25) is 0 Å². The zero-order valence-electron chi connectivity index (χ0n) is 16.2. The van der Waals surface area contributed by atoms with Crippen molar-refractivity contribution in [1.82, 2.24) is 14.7 Å². The van der Waals surface area contributed by atoms with Crippen molar-refractivity contribution in [1.29, 1.82) is 0 Å². The lowest BCUT2D eigenvalue weighted by Crippen LogP contribution is -2.49. The first-order chi connectivity index (χ1) is 13.3. The van der Waals surface area contributed by atoms with Gasteiger partial charge in [-0.25, -0.2) is 4.79 Å². The minimum absolute atomic E-state index is 0.00444. The largest absolute Gasteiger partial charge is 0.416 e. The highest BCUT2D eigenvalue weighted by Crippen LogP contribution is 2.44. The third-order valence-electron chi connectivity index (χ3n) is 4.93. The minimum Gasteiger partial charge on any atom is -0.365 e. The average molecular weight is 409 g/mol. The number of urea groups is 1. The molecule has 0 bridgehead atoms. The van der Waals surface area contributed by atoms with E-state index < -0.39 is 35.1 Å². The fourth-order valence-corrected chi connectivity index (χ4v) is 3.81. The van der Waals surface area contributed by atoms with Crippen LogP contribution in [0.25, 0.3) is 11.3 Å². The van der Waals surface area contributed by atoms with Crippen LogP contribution >= 0.6 is 0 Å². The number of nitrogens with zero attached hydrogens (tertiary/aromatic N) is 3. The molecule has 0 aliphatic carbocycles. The Labute approximate surface area is 165 Å². The minimum atomic E-state index is -4.54. The van der Waals surface area contributed by atoms with Crippen molar-refractivity contribution in [3.8, 4) is 11.3 Å². The van der Waals surface area contributed by atoms with Crippen LogP contribution in [-0.2, 0) is 12.7 Å². The van der Waals surface area contributed by atoms with Gasteiger partial charge in [0.1, 0.15) is 5.69 Å². The molecule has 4 N–H and O–H groups in total. The van der Waals surface area contributed by atoms with Gasteiger partial charge in [-0.1, -0.05) is 32.9 Å². The molecule has 1 aliphatic rings. The molecule has 1 aromatic heterocycles. The Hall–Kier alpha value is -3.04. The van der Waals surface area contributed by atoms with Gasteiger partial charge in [-0.2, -0.15) is 18.3 Å². The summed E-state index contributed by atoms with van der Waals surface area (Å²) in [5.41, 5.74) is 10.3. The third kappa shape index (κ3) is 3.66. The van der Waals surface area contributed by atoms with Crippen molar-refractivity contribution in [2.75, 3.05) is 6.54 Å². The number of hydrogen-bond acceptors (Lipinski definition) is 3. The van der Waals surface area contributed by atoms with Gasteiger partial charge in [0.05, 0.1) is 29.4 Å². The molecule has 0 radical (unpaired) electrons. The molecule has 0 saturated heterocycles. The Kier molecular flexibility index (Phi) is 4.84. The normalized spacial score (nSPS) is 17.2. The van der Waals surface area contributed by atoms with Crippen LogP contribution in [0.1, 0.15) is 48.4 Å². The van der Waals surface area contributed by atoms with Gasteiger partial charge in [0.15, 0.2) is 0 Å². The van der Waals surface area contributed by atoms with E-state index in [2.05, 4.69) is 5.10 Å². The number of benzene rings is 1. The molecule has 0 spiro atoms. The fraction of sp³-hybridized carbons (Fsp3) is 0.421. The van der Waals surface area contributed by atoms with E-state index in [1.165, 1.54) is 21.7 Å². The lowest BCUT2D eigenvalue weighted by Gasteiger charge is -2.42. The Morgan fingerprint density at radius 3 is 2.31 bits per heavy atom. The number of primary amides is 2. The van der Waals surface area contributed by atoms with Gasteiger partial charge >= 0.3 is 12.2 Å². The van der Waals surface area contributed by atoms with E-state index >= 15 is 0 Å². The van der Waals surface area contributed by atoms with E-state index in [4.69, 9.17) is 11.5 Å². The van der Waals surface area contributed by atoms with Crippen molar-refractivity contribution in [3.63, 3.8) is 0 Å². The van der Waals surface area contributed by atoms with Gasteiger partial charge in [0.25, 0.3) is 5.91 Å². The van der Waals surface area contributed by atoms with Gasteiger partial charge in [0, 0.05) is 12.1 Å². The number of rotatable bonds is 2. The maximum atomic E-state index is 13.2. The Morgan fingerprint density at radius 2 is 1.79 bits per heavy atom. The molecule has 0 fully saturated rings. The lowest BCUT2D eigenvalue weighted by molar-refractivity contribution is -0.137. The predicted octanol–water partition coefficient (Wildman–Crippen LogP) is 3.15. The fourth-order valence-electron chi connectivity index (χ4n) is 3.81. The second-order valence-corrected chi connectivity index (χ2v) is 8.07. The lowest BCUT2D eigenvalue weighted by atomic mass is 9.81. The van der Waals surface area contributed by atoms with Crippen molar-refractivity contribution >= 4 is 11.9 Å². The first-order valence-electron chi connectivity index (χ1n) is 8.96. The third-order valence-corrected chi connectivity index (χ3v) is 4.93. The van der Waals surface area contributed by atoms with Crippen LogP contribution in [-0.4, -0.2) is 33.2 Å². The highest BCUT2D eigenvalue weighted by Gasteiger charge is 2.43. The molecule has 1 aromatic carbocycles. The van der Waals surface area contributed by atoms with E-state index in [0.717, 1.165) is 12.1 Å². The molecule has 0 saturated carbocycles. The molecule has 1 aliphatic heterocycles. The quantitative estimate of drug-likeness (QED) is 0.795. The molecule has 2 aromatic rings. The summed E-state index contributed by atoms with van der Waals surface area (Å²) in [6, 6.07) is 3.28. The molecule has 3 rings (SSSR count). The predicted molar refractivity (Wildman–Crippen MR) is 99.7 cm³/mol. The highest BCUT2D eigenvalue weighted by molar-refractivity contribution is 6.00. The molecule has 10 heteroatoms. The smallest absolute Gasteiger partial charge is 0.365 e. The van der Waals surface area contributed by atoms with Crippen molar-refractivity contribution in [2.24, 2.45) is 16.9 Å². The van der Waals surface area contributed by atoms with E-state index in [1.54, 1.807) is 0 Å². The van der Waals surface area contributed by atoms with Gasteiger partial charge in [-0.15, -0.1) is 0 Å². The number of fused-ring (bicyclic) bond motifs is 1. The zero-order valence-corrected chi connectivity index (χ0v) is 16.2. The molecular weight excluding hydrogens is 387 g/mol. The molecule has 7 nitrogen and oxygen atoms in total. The second-order valence-electron chi connectivity index (χ2n) is 8.07. The van der Waals surface area contributed by atoms with E-state index in [9.17, 15) is 22.8 Å². The Balaban J connectivity index is 2.27. The van der Waals surface area contributed by atoms with E-state index in [1.807, 2.05) is 20.8 Å². The molecule has 3 amide bonds. The molecule has 156 valence electrons. The van der Waals surface area contributed by atoms with Gasteiger partial charge in [-0.3, -0.25) is 9.48 Å². The summed E-state index contributed by atoms with van der Waals surface area (Å²) in [4.78, 5) is 25.8. The number of halogens is 3. The van der Waals surface area contributed by atoms with Crippen molar-refractivity contribution < 1.29 is 22.8 Å². The Morgan fingerprint density at radius 1 is 1.14 bits per heavy atom. The second kappa shape index (κ2) is 6.78. The van der Waals surface area contributed by atoms with E-state index in [0.29, 0.717) is 5.69 Å². The van der Waals surface area contributed by atoms with Crippen LogP contribution < -0.4 is 11.5 Å². The molecule has 2 heterocycles.